The van der Waals surface area contributed by atoms with Crippen molar-refractivity contribution in [3.63, 3.8) is 0 Å². The van der Waals surface area contributed by atoms with Gasteiger partial charge < -0.3 is 14.3 Å². The molecule has 0 aromatic carbocycles. The van der Waals surface area contributed by atoms with Gasteiger partial charge in [0.25, 0.3) is 5.89 Å². The first-order chi connectivity index (χ1) is 8.33. The van der Waals surface area contributed by atoms with Gasteiger partial charge in [0.15, 0.2) is 11.6 Å². The Morgan fingerprint density at radius 1 is 1.29 bits per heavy atom. The third-order valence-corrected chi connectivity index (χ3v) is 3.10. The summed E-state index contributed by atoms with van der Waals surface area (Å²) < 4.78 is 10.7. The van der Waals surface area contributed by atoms with Gasteiger partial charge in [-0.3, -0.25) is 0 Å². The van der Waals surface area contributed by atoms with E-state index in [4.69, 9.17) is 8.94 Å². The van der Waals surface area contributed by atoms with E-state index in [9.17, 15) is 0 Å². The topological polar surface area (TPSA) is 64.1 Å². The van der Waals surface area contributed by atoms with Crippen molar-refractivity contribution < 1.29 is 8.94 Å². The first-order valence-corrected chi connectivity index (χ1v) is 5.94. The molecular weight excluding hydrogens is 218 g/mol. The minimum absolute atomic E-state index is 0.407. The van der Waals surface area contributed by atoms with Crippen LogP contribution in [0.5, 0.6) is 0 Å². The highest BCUT2D eigenvalue weighted by atomic mass is 16.5. The third kappa shape index (κ3) is 2.10. The van der Waals surface area contributed by atoms with Gasteiger partial charge >= 0.3 is 0 Å². The summed E-state index contributed by atoms with van der Waals surface area (Å²) in [5.74, 6) is 3.18. The molecule has 2 aromatic heterocycles. The number of aryl methyl sites for hydroxylation is 1. The highest BCUT2D eigenvalue weighted by molar-refractivity contribution is 5.44. The Morgan fingerprint density at radius 2 is 2.12 bits per heavy atom. The van der Waals surface area contributed by atoms with E-state index < -0.39 is 0 Å². The highest BCUT2D eigenvalue weighted by Gasteiger charge is 2.21. The Hall–Kier alpha value is -1.62. The fourth-order valence-corrected chi connectivity index (χ4v) is 2.13. The second-order valence-electron chi connectivity index (χ2n) is 4.39. The van der Waals surface area contributed by atoms with Crippen LogP contribution in [0, 0.1) is 6.92 Å². The molecule has 1 fully saturated rings. The monoisotopic (exact) mass is 233 g/mol. The molecule has 5 nitrogen and oxygen atoms in total. The molecule has 0 bridgehead atoms. The van der Waals surface area contributed by atoms with Gasteiger partial charge in [-0.1, -0.05) is 5.16 Å². The van der Waals surface area contributed by atoms with Crippen molar-refractivity contribution >= 4 is 0 Å². The van der Waals surface area contributed by atoms with E-state index >= 15 is 0 Å². The van der Waals surface area contributed by atoms with Crippen molar-refractivity contribution in [1.29, 1.82) is 0 Å². The molecule has 0 spiro atoms. The van der Waals surface area contributed by atoms with Crippen molar-refractivity contribution in [3.8, 4) is 11.7 Å². The van der Waals surface area contributed by atoms with Crippen LogP contribution in [0.15, 0.2) is 21.1 Å². The van der Waals surface area contributed by atoms with Gasteiger partial charge in [-0.2, -0.15) is 4.98 Å². The molecule has 1 N–H and O–H groups in total. The number of hydrogen-bond acceptors (Lipinski definition) is 5. The summed E-state index contributed by atoms with van der Waals surface area (Å²) in [6.45, 7) is 3.94. The molecule has 90 valence electrons. The first kappa shape index (κ1) is 10.5. The lowest BCUT2D eigenvalue weighted by atomic mass is 9.98. The van der Waals surface area contributed by atoms with Gasteiger partial charge in [0.05, 0.1) is 0 Å². The van der Waals surface area contributed by atoms with E-state index in [1.165, 1.54) is 0 Å². The Balaban J connectivity index is 1.82. The van der Waals surface area contributed by atoms with Crippen molar-refractivity contribution in [1.82, 2.24) is 15.5 Å². The molecule has 0 aliphatic carbocycles. The van der Waals surface area contributed by atoms with Crippen molar-refractivity contribution in [2.24, 2.45) is 0 Å². The Bertz CT molecular complexity index is 497. The lowest BCUT2D eigenvalue weighted by Crippen LogP contribution is -2.27. The molecule has 0 unspecified atom stereocenters. The zero-order chi connectivity index (χ0) is 11.7. The maximum Gasteiger partial charge on any atom is 0.293 e. The van der Waals surface area contributed by atoms with Gasteiger partial charge in [-0.05, 0) is 45.0 Å². The number of rotatable bonds is 2. The molecule has 1 aliphatic heterocycles. The van der Waals surface area contributed by atoms with Gasteiger partial charge in [-0.15, -0.1) is 0 Å². The summed E-state index contributed by atoms with van der Waals surface area (Å²) in [7, 11) is 0. The largest absolute Gasteiger partial charge is 0.456 e. The quantitative estimate of drug-likeness (QED) is 0.860. The van der Waals surface area contributed by atoms with Crippen molar-refractivity contribution in [3.05, 3.63) is 23.7 Å². The average molecular weight is 233 g/mol. The van der Waals surface area contributed by atoms with Gasteiger partial charge in [0, 0.05) is 5.92 Å². The number of furan rings is 1. The molecule has 1 saturated heterocycles. The lowest BCUT2D eigenvalue weighted by Gasteiger charge is -2.18. The maximum atomic E-state index is 5.46. The summed E-state index contributed by atoms with van der Waals surface area (Å²) in [6, 6.07) is 3.75. The van der Waals surface area contributed by atoms with Crippen LogP contribution in [0.25, 0.3) is 11.7 Å². The smallest absolute Gasteiger partial charge is 0.293 e. The molecule has 0 atom stereocenters. The van der Waals surface area contributed by atoms with Gasteiger partial charge in [0.1, 0.15) is 5.76 Å². The third-order valence-electron chi connectivity index (χ3n) is 3.10. The van der Waals surface area contributed by atoms with E-state index in [2.05, 4.69) is 15.5 Å². The summed E-state index contributed by atoms with van der Waals surface area (Å²) in [4.78, 5) is 4.42. The second kappa shape index (κ2) is 4.33. The Labute approximate surface area is 99.2 Å². The fraction of sp³-hybridized carbons (Fsp3) is 0.500. The van der Waals surface area contributed by atoms with Crippen LogP contribution in [0.2, 0.25) is 0 Å². The standard InChI is InChI=1S/C12H15N3O2/c1-8-2-3-10(16-8)12-14-11(15-17-12)9-4-6-13-7-5-9/h2-3,9,13H,4-7H2,1H3. The molecule has 0 radical (unpaired) electrons. The predicted octanol–water partition coefficient (Wildman–Crippen LogP) is 2.11. The minimum Gasteiger partial charge on any atom is -0.456 e. The van der Waals surface area contributed by atoms with E-state index in [0.717, 1.165) is 37.5 Å². The summed E-state index contributed by atoms with van der Waals surface area (Å²) in [5.41, 5.74) is 0. The summed E-state index contributed by atoms with van der Waals surface area (Å²) in [6.07, 6.45) is 2.13. The summed E-state index contributed by atoms with van der Waals surface area (Å²) in [5, 5.41) is 7.37. The molecule has 0 saturated carbocycles. The molecule has 2 aromatic rings. The zero-order valence-corrected chi connectivity index (χ0v) is 9.77. The second-order valence-corrected chi connectivity index (χ2v) is 4.39. The van der Waals surface area contributed by atoms with Gasteiger partial charge in [0.2, 0.25) is 0 Å². The Morgan fingerprint density at radius 3 is 2.82 bits per heavy atom. The van der Waals surface area contributed by atoms with E-state index in [1.807, 2.05) is 19.1 Å². The normalized spacial score (nSPS) is 17.5. The van der Waals surface area contributed by atoms with Crippen LogP contribution in [0.3, 0.4) is 0 Å². The molecule has 3 rings (SSSR count). The van der Waals surface area contributed by atoms with Crippen molar-refractivity contribution in [2.45, 2.75) is 25.7 Å². The van der Waals surface area contributed by atoms with Crippen LogP contribution in [0.1, 0.15) is 30.3 Å². The number of nitrogens with one attached hydrogen (secondary N) is 1. The molecule has 17 heavy (non-hydrogen) atoms. The maximum absolute atomic E-state index is 5.46. The highest BCUT2D eigenvalue weighted by Crippen LogP contribution is 2.26. The molecular formula is C12H15N3O2. The Kier molecular flexibility index (Phi) is 2.68. The van der Waals surface area contributed by atoms with Crippen LogP contribution < -0.4 is 5.32 Å². The SMILES string of the molecule is Cc1ccc(-c2nc(C3CCNCC3)no2)o1. The predicted molar refractivity (Wildman–Crippen MR) is 61.6 cm³/mol. The molecule has 0 amide bonds. The fourth-order valence-electron chi connectivity index (χ4n) is 2.13. The summed E-state index contributed by atoms with van der Waals surface area (Å²) >= 11 is 0. The van der Waals surface area contributed by atoms with E-state index in [-0.39, 0.29) is 0 Å². The molecule has 3 heterocycles. The van der Waals surface area contributed by atoms with Gasteiger partial charge in [-0.25, -0.2) is 0 Å². The van der Waals surface area contributed by atoms with E-state index in [1.54, 1.807) is 0 Å². The average Bonchev–Trinajstić information content (AvgIpc) is 2.98. The number of hydrogen-bond donors (Lipinski definition) is 1. The van der Waals surface area contributed by atoms with Crippen molar-refractivity contribution in [2.75, 3.05) is 13.1 Å². The first-order valence-electron chi connectivity index (χ1n) is 5.94. The molecule has 5 heteroatoms. The van der Waals surface area contributed by atoms with Crippen LogP contribution in [-0.2, 0) is 0 Å². The number of piperidine rings is 1. The minimum atomic E-state index is 0.407. The lowest BCUT2D eigenvalue weighted by molar-refractivity contribution is 0.385. The van der Waals surface area contributed by atoms with Crippen LogP contribution >= 0.6 is 0 Å². The van der Waals surface area contributed by atoms with Crippen LogP contribution in [0.4, 0.5) is 0 Å². The van der Waals surface area contributed by atoms with E-state index in [0.29, 0.717) is 17.6 Å². The molecule has 1 aliphatic rings. The van der Waals surface area contributed by atoms with Crippen LogP contribution in [-0.4, -0.2) is 23.2 Å². The zero-order valence-electron chi connectivity index (χ0n) is 9.77. The number of nitrogens with zero attached hydrogens (tertiary/aromatic N) is 2. The number of aromatic nitrogens is 2.